The molecule has 0 amide bonds. The fraction of sp³-hybridized carbons (Fsp3) is 0.538. The van der Waals surface area contributed by atoms with E-state index in [0.717, 1.165) is 12.1 Å². The minimum absolute atomic E-state index is 0.0876. The number of nitrogens with one attached hydrogen (secondary N) is 1. The van der Waals surface area contributed by atoms with E-state index in [-0.39, 0.29) is 5.25 Å². The molecule has 0 aliphatic carbocycles. The van der Waals surface area contributed by atoms with Crippen molar-refractivity contribution < 1.29 is 8.95 Å². The molecule has 102 valence electrons. The van der Waals surface area contributed by atoms with Crippen LogP contribution in [-0.4, -0.2) is 28.9 Å². The first-order valence-corrected chi connectivity index (χ1v) is 7.75. The standard InChI is InChI=1S/C13H22N2O2S/c1-4-8-17-12-7-5-6-11(13(12)14)15-9-10(2)18(3)16/h5-7,10,15H,4,8-9,14H2,1-3H3. The van der Waals surface area contributed by atoms with E-state index in [2.05, 4.69) is 12.2 Å². The first-order chi connectivity index (χ1) is 8.56. The second-order valence-corrected chi connectivity index (χ2v) is 6.06. The summed E-state index contributed by atoms with van der Waals surface area (Å²) < 4.78 is 16.8. The van der Waals surface area contributed by atoms with Crippen LogP contribution in [0.25, 0.3) is 0 Å². The molecule has 1 aromatic rings. The summed E-state index contributed by atoms with van der Waals surface area (Å²) in [6.45, 7) is 5.28. The van der Waals surface area contributed by atoms with Crippen LogP contribution in [0.5, 0.6) is 5.75 Å². The van der Waals surface area contributed by atoms with Gasteiger partial charge >= 0.3 is 0 Å². The van der Waals surface area contributed by atoms with Crippen LogP contribution in [0.1, 0.15) is 20.3 Å². The van der Waals surface area contributed by atoms with Gasteiger partial charge in [-0.05, 0) is 25.5 Å². The SMILES string of the molecule is CCCOc1cccc(NCC(C)S(C)=O)c1N. The maximum atomic E-state index is 11.3. The number of anilines is 2. The Morgan fingerprint density at radius 1 is 1.50 bits per heavy atom. The summed E-state index contributed by atoms with van der Waals surface area (Å²) in [5.41, 5.74) is 7.47. The average molecular weight is 270 g/mol. The molecule has 2 atom stereocenters. The van der Waals surface area contributed by atoms with Crippen LogP contribution in [0.15, 0.2) is 18.2 Å². The lowest BCUT2D eigenvalue weighted by atomic mass is 10.2. The molecule has 0 aliphatic rings. The molecule has 4 nitrogen and oxygen atoms in total. The Morgan fingerprint density at radius 3 is 2.83 bits per heavy atom. The van der Waals surface area contributed by atoms with Crippen LogP contribution < -0.4 is 15.8 Å². The Morgan fingerprint density at radius 2 is 2.22 bits per heavy atom. The van der Waals surface area contributed by atoms with Gasteiger partial charge in [0.05, 0.1) is 18.0 Å². The van der Waals surface area contributed by atoms with Gasteiger partial charge in [-0.15, -0.1) is 0 Å². The summed E-state index contributed by atoms with van der Waals surface area (Å²) in [7, 11) is -0.835. The van der Waals surface area contributed by atoms with Crippen molar-refractivity contribution in [3.8, 4) is 5.75 Å². The van der Waals surface area contributed by atoms with Crippen LogP contribution in [0.2, 0.25) is 0 Å². The minimum Gasteiger partial charge on any atom is -0.491 e. The molecule has 0 spiro atoms. The van der Waals surface area contributed by atoms with Gasteiger partial charge in [-0.2, -0.15) is 0 Å². The lowest BCUT2D eigenvalue weighted by Crippen LogP contribution is -2.21. The van der Waals surface area contributed by atoms with E-state index < -0.39 is 10.8 Å². The van der Waals surface area contributed by atoms with Crippen molar-refractivity contribution in [3.05, 3.63) is 18.2 Å². The zero-order chi connectivity index (χ0) is 13.5. The highest BCUT2D eigenvalue weighted by Crippen LogP contribution is 2.29. The van der Waals surface area contributed by atoms with Gasteiger partial charge in [0.15, 0.2) is 0 Å². The van der Waals surface area contributed by atoms with Gasteiger partial charge in [0.25, 0.3) is 0 Å². The monoisotopic (exact) mass is 270 g/mol. The maximum Gasteiger partial charge on any atom is 0.144 e. The Labute approximate surface area is 111 Å². The molecule has 0 aliphatic heterocycles. The second kappa shape index (κ2) is 7.26. The van der Waals surface area contributed by atoms with E-state index in [0.29, 0.717) is 24.6 Å². The van der Waals surface area contributed by atoms with Gasteiger partial charge in [0, 0.05) is 28.9 Å². The number of ether oxygens (including phenoxy) is 1. The Bertz CT molecular complexity index is 410. The molecule has 0 radical (unpaired) electrons. The first-order valence-electron chi connectivity index (χ1n) is 6.13. The van der Waals surface area contributed by atoms with Crippen molar-refractivity contribution in [3.63, 3.8) is 0 Å². The van der Waals surface area contributed by atoms with Gasteiger partial charge < -0.3 is 15.8 Å². The highest BCUT2D eigenvalue weighted by atomic mass is 32.2. The van der Waals surface area contributed by atoms with Gasteiger partial charge in [-0.25, -0.2) is 0 Å². The predicted octanol–water partition coefficient (Wildman–Crippen LogP) is 2.24. The Kier molecular flexibility index (Phi) is 5.98. The quantitative estimate of drug-likeness (QED) is 0.746. The number of nitrogen functional groups attached to an aromatic ring is 1. The Balaban J connectivity index is 2.68. The van der Waals surface area contributed by atoms with E-state index in [1.54, 1.807) is 6.26 Å². The third-order valence-electron chi connectivity index (χ3n) is 2.67. The molecule has 0 aromatic heterocycles. The first kappa shape index (κ1) is 14.8. The van der Waals surface area contributed by atoms with E-state index >= 15 is 0 Å². The lowest BCUT2D eigenvalue weighted by Gasteiger charge is -2.15. The normalized spacial score (nSPS) is 13.9. The molecule has 1 rings (SSSR count). The summed E-state index contributed by atoms with van der Waals surface area (Å²) in [4.78, 5) is 0. The number of rotatable bonds is 7. The predicted molar refractivity (Wildman–Crippen MR) is 78.7 cm³/mol. The zero-order valence-corrected chi connectivity index (χ0v) is 12.0. The van der Waals surface area contributed by atoms with Crippen molar-refractivity contribution in [2.45, 2.75) is 25.5 Å². The van der Waals surface area contributed by atoms with Crippen molar-refractivity contribution in [2.75, 3.05) is 30.5 Å². The number of para-hydroxylation sites is 1. The molecule has 18 heavy (non-hydrogen) atoms. The highest BCUT2D eigenvalue weighted by molar-refractivity contribution is 7.84. The molecule has 0 fully saturated rings. The van der Waals surface area contributed by atoms with Crippen molar-refractivity contribution in [2.24, 2.45) is 0 Å². The molecule has 0 bridgehead atoms. The smallest absolute Gasteiger partial charge is 0.144 e. The van der Waals surface area contributed by atoms with Crippen LogP contribution in [0.3, 0.4) is 0 Å². The maximum absolute atomic E-state index is 11.3. The van der Waals surface area contributed by atoms with Crippen LogP contribution >= 0.6 is 0 Å². The molecule has 0 saturated carbocycles. The van der Waals surface area contributed by atoms with Crippen molar-refractivity contribution >= 4 is 22.2 Å². The molecular formula is C13H22N2O2S. The number of nitrogens with two attached hydrogens (primary N) is 1. The summed E-state index contributed by atoms with van der Waals surface area (Å²) in [5, 5.41) is 3.30. The summed E-state index contributed by atoms with van der Waals surface area (Å²) in [6.07, 6.45) is 2.65. The largest absolute Gasteiger partial charge is 0.491 e. The van der Waals surface area contributed by atoms with Crippen molar-refractivity contribution in [1.82, 2.24) is 0 Å². The number of hydrogen-bond donors (Lipinski definition) is 2. The minimum atomic E-state index is -0.835. The Hall–Kier alpha value is -1.23. The van der Waals surface area contributed by atoms with E-state index in [9.17, 15) is 4.21 Å². The summed E-state index contributed by atoms with van der Waals surface area (Å²) in [5.74, 6) is 0.701. The third kappa shape index (κ3) is 4.22. The molecule has 1 aromatic carbocycles. The highest BCUT2D eigenvalue weighted by Gasteiger charge is 2.09. The van der Waals surface area contributed by atoms with E-state index in [1.165, 1.54) is 0 Å². The van der Waals surface area contributed by atoms with E-state index in [4.69, 9.17) is 10.5 Å². The lowest BCUT2D eigenvalue weighted by molar-refractivity contribution is 0.319. The van der Waals surface area contributed by atoms with Crippen molar-refractivity contribution in [1.29, 1.82) is 0 Å². The summed E-state index contributed by atoms with van der Waals surface area (Å²) >= 11 is 0. The molecule has 0 saturated heterocycles. The second-order valence-electron chi connectivity index (χ2n) is 4.26. The molecule has 0 heterocycles. The van der Waals surface area contributed by atoms with E-state index in [1.807, 2.05) is 25.1 Å². The number of hydrogen-bond acceptors (Lipinski definition) is 4. The fourth-order valence-electron chi connectivity index (χ4n) is 1.41. The molecule has 5 heteroatoms. The van der Waals surface area contributed by atoms with Crippen LogP contribution in [-0.2, 0) is 10.8 Å². The zero-order valence-electron chi connectivity index (χ0n) is 11.2. The molecule has 2 unspecified atom stereocenters. The van der Waals surface area contributed by atoms with Gasteiger partial charge in [0.2, 0.25) is 0 Å². The average Bonchev–Trinajstić information content (AvgIpc) is 2.35. The molecular weight excluding hydrogens is 248 g/mol. The van der Waals surface area contributed by atoms with Gasteiger partial charge in [-0.3, -0.25) is 4.21 Å². The van der Waals surface area contributed by atoms with Gasteiger partial charge in [0.1, 0.15) is 5.75 Å². The number of benzene rings is 1. The van der Waals surface area contributed by atoms with Gasteiger partial charge in [-0.1, -0.05) is 13.0 Å². The summed E-state index contributed by atoms with van der Waals surface area (Å²) in [6, 6.07) is 5.66. The molecule has 3 N–H and O–H groups in total. The topological polar surface area (TPSA) is 64.3 Å². The van der Waals surface area contributed by atoms with Crippen LogP contribution in [0.4, 0.5) is 11.4 Å². The third-order valence-corrected chi connectivity index (χ3v) is 3.97. The fourth-order valence-corrected chi connectivity index (χ4v) is 1.73. The van der Waals surface area contributed by atoms with Crippen LogP contribution in [0, 0.1) is 0 Å².